The number of fused-ring (bicyclic) bond motifs is 4. The second-order valence-electron chi connectivity index (χ2n) is 7.45. The van der Waals surface area contributed by atoms with Gasteiger partial charge in [0.15, 0.2) is 17.1 Å². The van der Waals surface area contributed by atoms with Gasteiger partial charge in [0.2, 0.25) is 16.9 Å². The number of rotatable bonds is 2. The maximum Gasteiger partial charge on any atom is 0.307 e. The topological polar surface area (TPSA) is 128 Å². The van der Waals surface area contributed by atoms with E-state index in [-0.39, 0.29) is 23.2 Å². The van der Waals surface area contributed by atoms with E-state index >= 15 is 0 Å². The minimum absolute atomic E-state index is 0.0232. The van der Waals surface area contributed by atoms with E-state index in [2.05, 4.69) is 0 Å². The highest BCUT2D eigenvalue weighted by Gasteiger charge is 2.50. The molecule has 4 N–H and O–H groups in total. The normalized spacial score (nSPS) is 25.7. The van der Waals surface area contributed by atoms with Crippen LogP contribution in [0.25, 0.3) is 22.3 Å². The molecule has 1 heterocycles. The lowest BCUT2D eigenvalue weighted by Gasteiger charge is -2.29. The van der Waals surface area contributed by atoms with E-state index < -0.39 is 40.5 Å². The Bertz CT molecular complexity index is 1210. The summed E-state index contributed by atoms with van der Waals surface area (Å²) in [5.74, 6) is -3.83. The molecule has 5 rings (SSSR count). The van der Waals surface area contributed by atoms with Crippen molar-refractivity contribution in [3.8, 4) is 28.6 Å². The molecular weight excluding hydrogens is 364 g/mol. The molecule has 1 aliphatic heterocycles. The first-order valence-electron chi connectivity index (χ1n) is 8.93. The summed E-state index contributed by atoms with van der Waals surface area (Å²) in [4.78, 5) is 24.0. The fraction of sp³-hybridized carbons (Fsp3) is 0.238. The average molecular weight is 380 g/mol. The van der Waals surface area contributed by atoms with Gasteiger partial charge in [-0.25, -0.2) is 0 Å². The summed E-state index contributed by atoms with van der Waals surface area (Å²) in [5, 5.41) is 40.8. The average Bonchev–Trinajstić information content (AvgIpc) is 3.28. The van der Waals surface area contributed by atoms with Crippen LogP contribution in [-0.2, 0) is 4.79 Å². The molecule has 4 aliphatic rings. The van der Waals surface area contributed by atoms with Crippen molar-refractivity contribution in [3.63, 3.8) is 0 Å². The van der Waals surface area contributed by atoms with E-state index in [1.807, 2.05) is 12.2 Å². The Morgan fingerprint density at radius 1 is 1.00 bits per heavy atom. The minimum Gasteiger partial charge on any atom is -0.504 e. The van der Waals surface area contributed by atoms with Crippen molar-refractivity contribution in [1.82, 2.24) is 0 Å². The van der Waals surface area contributed by atoms with E-state index in [0.717, 1.165) is 0 Å². The monoisotopic (exact) mass is 380 g/mol. The molecule has 1 aromatic rings. The minimum atomic E-state index is -0.920. The van der Waals surface area contributed by atoms with Crippen molar-refractivity contribution in [2.24, 2.45) is 17.8 Å². The van der Waals surface area contributed by atoms with Crippen molar-refractivity contribution in [3.05, 3.63) is 52.2 Å². The smallest absolute Gasteiger partial charge is 0.307 e. The van der Waals surface area contributed by atoms with Gasteiger partial charge in [0, 0.05) is 16.9 Å². The molecule has 0 saturated heterocycles. The Balaban J connectivity index is 1.93. The molecule has 7 heteroatoms. The molecule has 2 bridgehead atoms. The third-order valence-corrected chi connectivity index (χ3v) is 6.07. The van der Waals surface area contributed by atoms with Crippen LogP contribution in [0.15, 0.2) is 45.6 Å². The van der Waals surface area contributed by atoms with Gasteiger partial charge < -0.3 is 24.8 Å². The molecule has 28 heavy (non-hydrogen) atoms. The predicted octanol–water partition coefficient (Wildman–Crippen LogP) is 3.00. The lowest BCUT2D eigenvalue weighted by atomic mass is 9.75. The molecular formula is C21H16O7. The van der Waals surface area contributed by atoms with Crippen LogP contribution in [0, 0.1) is 17.8 Å². The number of phenolic OH excluding ortho intramolecular Hbond substituents is 3. The Morgan fingerprint density at radius 2 is 1.75 bits per heavy atom. The standard InChI is InChI=1S/C21H16O7/c22-12-5-3-10-16(14-8-1-2-9(7-8)15(14)21(26)27)11-4-6-13(23)18(25)20(11)28-19(10)17(12)24/h1-6,8-9,14-15,22,24-25H,7H2,(H,26,27)/t8-,9+,14+,15+/m1/s1. The van der Waals surface area contributed by atoms with Crippen molar-refractivity contribution in [2.75, 3.05) is 0 Å². The summed E-state index contributed by atoms with van der Waals surface area (Å²) in [6.45, 7) is 0. The van der Waals surface area contributed by atoms with Gasteiger partial charge in [-0.2, -0.15) is 0 Å². The van der Waals surface area contributed by atoms with Gasteiger partial charge in [0.05, 0.1) is 5.92 Å². The number of aliphatic carboxylic acids is 1. The number of carboxylic acid groups (broad SMARTS) is 1. The van der Waals surface area contributed by atoms with E-state index in [4.69, 9.17) is 4.42 Å². The highest BCUT2D eigenvalue weighted by molar-refractivity contribution is 5.95. The number of allylic oxidation sites excluding steroid dienone is 2. The number of carboxylic acids is 1. The summed E-state index contributed by atoms with van der Waals surface area (Å²) in [5.41, 5.74) is 0.265. The van der Waals surface area contributed by atoms with Gasteiger partial charge in [-0.15, -0.1) is 0 Å². The lowest BCUT2D eigenvalue weighted by molar-refractivity contribution is -0.143. The fourth-order valence-corrected chi connectivity index (χ4v) is 4.90. The zero-order chi connectivity index (χ0) is 19.7. The first kappa shape index (κ1) is 16.7. The van der Waals surface area contributed by atoms with Crippen molar-refractivity contribution in [2.45, 2.75) is 12.3 Å². The van der Waals surface area contributed by atoms with E-state index in [9.17, 15) is 30.0 Å². The maximum absolute atomic E-state index is 12.0. The molecule has 4 atom stereocenters. The van der Waals surface area contributed by atoms with Gasteiger partial charge in [0.1, 0.15) is 0 Å². The molecule has 1 fully saturated rings. The van der Waals surface area contributed by atoms with Crippen molar-refractivity contribution < 1.29 is 29.6 Å². The summed E-state index contributed by atoms with van der Waals surface area (Å²) >= 11 is 0. The molecule has 1 saturated carbocycles. The number of hydrogen-bond donors (Lipinski definition) is 4. The maximum atomic E-state index is 12.0. The molecule has 1 aromatic carbocycles. The van der Waals surface area contributed by atoms with Gasteiger partial charge in [0.25, 0.3) is 0 Å². The molecule has 0 aromatic heterocycles. The van der Waals surface area contributed by atoms with Crippen LogP contribution in [0.4, 0.5) is 0 Å². The number of carbonyl (C=O) groups is 1. The molecule has 0 spiro atoms. The van der Waals surface area contributed by atoms with Crippen LogP contribution in [0.2, 0.25) is 0 Å². The van der Waals surface area contributed by atoms with Crippen LogP contribution in [0.1, 0.15) is 17.9 Å². The highest BCUT2D eigenvalue weighted by atomic mass is 16.4. The van der Waals surface area contributed by atoms with Crippen molar-refractivity contribution >= 4 is 16.9 Å². The first-order valence-corrected chi connectivity index (χ1v) is 8.93. The molecule has 3 aliphatic carbocycles. The number of hydrogen-bond acceptors (Lipinski definition) is 6. The Labute approximate surface area is 158 Å². The second kappa shape index (κ2) is 5.51. The van der Waals surface area contributed by atoms with E-state index in [1.54, 1.807) is 6.07 Å². The number of benzene rings is 2. The van der Waals surface area contributed by atoms with E-state index in [1.165, 1.54) is 18.2 Å². The zero-order valence-corrected chi connectivity index (χ0v) is 14.5. The Morgan fingerprint density at radius 3 is 2.50 bits per heavy atom. The van der Waals surface area contributed by atoms with E-state index in [0.29, 0.717) is 22.9 Å². The number of phenols is 3. The molecule has 142 valence electrons. The summed E-state index contributed by atoms with van der Waals surface area (Å²) < 4.78 is 5.62. The summed E-state index contributed by atoms with van der Waals surface area (Å²) in [6, 6.07) is 5.58. The molecule has 0 amide bonds. The third-order valence-electron chi connectivity index (χ3n) is 6.07. The second-order valence-corrected chi connectivity index (χ2v) is 7.45. The third kappa shape index (κ3) is 2.04. The predicted molar refractivity (Wildman–Crippen MR) is 98.7 cm³/mol. The fourth-order valence-electron chi connectivity index (χ4n) is 4.90. The van der Waals surface area contributed by atoms with Crippen LogP contribution in [-0.4, -0.2) is 26.4 Å². The number of aromatic hydroxyl groups is 3. The Hall–Kier alpha value is -3.48. The lowest BCUT2D eigenvalue weighted by Crippen LogP contribution is -2.26. The molecule has 0 unspecified atom stereocenters. The zero-order valence-electron chi connectivity index (χ0n) is 14.5. The SMILES string of the molecule is O=C(O)[C@@H]1[C@@H](c2c3ccc(=O)c(O)c-3oc3c(O)c(O)ccc23)[C@@H]2C=C[C@H]1C2. The van der Waals surface area contributed by atoms with Crippen LogP contribution in [0.5, 0.6) is 17.2 Å². The van der Waals surface area contributed by atoms with Gasteiger partial charge in [-0.05, 0) is 48.1 Å². The van der Waals surface area contributed by atoms with Crippen molar-refractivity contribution in [1.29, 1.82) is 0 Å². The van der Waals surface area contributed by atoms with Gasteiger partial charge in [-0.3, -0.25) is 9.59 Å². The molecule has 7 nitrogen and oxygen atoms in total. The van der Waals surface area contributed by atoms with Crippen LogP contribution < -0.4 is 5.43 Å². The highest BCUT2D eigenvalue weighted by Crippen LogP contribution is 2.57. The first-order chi connectivity index (χ1) is 13.4. The quantitative estimate of drug-likeness (QED) is 0.306. The largest absolute Gasteiger partial charge is 0.504 e. The van der Waals surface area contributed by atoms with Gasteiger partial charge in [-0.1, -0.05) is 12.2 Å². The Kier molecular flexibility index (Phi) is 3.28. The van der Waals surface area contributed by atoms with Gasteiger partial charge >= 0.3 is 5.97 Å². The molecule has 0 radical (unpaired) electrons. The van der Waals surface area contributed by atoms with Crippen LogP contribution >= 0.6 is 0 Å². The summed E-state index contributed by atoms with van der Waals surface area (Å²) in [6.07, 6.45) is 4.62. The van der Waals surface area contributed by atoms with Crippen LogP contribution in [0.3, 0.4) is 0 Å². The summed E-state index contributed by atoms with van der Waals surface area (Å²) in [7, 11) is 0.